The number of carbonyl (C=O) groups excluding carboxylic acids is 1. The Labute approximate surface area is 126 Å². The lowest BCUT2D eigenvalue weighted by Crippen LogP contribution is -2.39. The van der Waals surface area contributed by atoms with Gasteiger partial charge in [-0.2, -0.15) is 0 Å². The maximum Gasteiger partial charge on any atom is 0.170 e. The molecule has 1 aromatic rings. The normalized spacial score (nSPS) is 21.5. The highest BCUT2D eigenvalue weighted by atomic mass is 16.5. The van der Waals surface area contributed by atoms with Gasteiger partial charge in [0.25, 0.3) is 0 Å². The van der Waals surface area contributed by atoms with Crippen molar-refractivity contribution in [2.45, 2.75) is 33.2 Å². The fraction of sp³-hybridized carbons (Fsp3) is 0.588. The van der Waals surface area contributed by atoms with Crippen LogP contribution in [0.3, 0.4) is 0 Å². The number of ether oxygens (including phenoxy) is 2. The molecule has 21 heavy (non-hydrogen) atoms. The summed E-state index contributed by atoms with van der Waals surface area (Å²) in [5, 5.41) is 3.42. The Bertz CT molecular complexity index is 513. The minimum absolute atomic E-state index is 0.0944. The molecule has 0 saturated carbocycles. The number of Topliss-reactive ketones (excluding diaryl/α,β-unsaturated/α-hetero) is 1. The van der Waals surface area contributed by atoms with Crippen molar-refractivity contribution < 1.29 is 14.3 Å². The van der Waals surface area contributed by atoms with Crippen LogP contribution in [0.25, 0.3) is 0 Å². The highest BCUT2D eigenvalue weighted by Crippen LogP contribution is 2.27. The molecule has 2 rings (SSSR count). The van der Waals surface area contributed by atoms with Crippen molar-refractivity contribution >= 4 is 5.78 Å². The number of ketones is 1. The number of nitrogens with one attached hydrogen (secondary N) is 1. The molecule has 2 atom stereocenters. The number of hydrogen-bond donors (Lipinski definition) is 1. The maximum absolute atomic E-state index is 12.8. The van der Waals surface area contributed by atoms with Gasteiger partial charge >= 0.3 is 0 Å². The Morgan fingerprint density at radius 1 is 1.33 bits per heavy atom. The summed E-state index contributed by atoms with van der Waals surface area (Å²) in [5.41, 5.74) is 2.74. The van der Waals surface area contributed by atoms with Crippen molar-refractivity contribution in [1.29, 1.82) is 0 Å². The average molecular weight is 291 g/mol. The smallest absolute Gasteiger partial charge is 0.170 e. The summed E-state index contributed by atoms with van der Waals surface area (Å²) in [6, 6.07) is 4.00. The molecule has 4 nitrogen and oxygen atoms in total. The van der Waals surface area contributed by atoms with Gasteiger partial charge in [0.05, 0.1) is 26.2 Å². The van der Waals surface area contributed by atoms with Gasteiger partial charge in [0.2, 0.25) is 0 Å². The van der Waals surface area contributed by atoms with Crippen LogP contribution in [0.15, 0.2) is 12.1 Å². The molecular formula is C17H25NO3. The van der Waals surface area contributed by atoms with E-state index in [0.717, 1.165) is 35.4 Å². The van der Waals surface area contributed by atoms with E-state index in [1.54, 1.807) is 7.11 Å². The van der Waals surface area contributed by atoms with Crippen LogP contribution in [-0.2, 0) is 4.74 Å². The monoisotopic (exact) mass is 291 g/mol. The van der Waals surface area contributed by atoms with E-state index in [9.17, 15) is 4.79 Å². The molecule has 0 aliphatic carbocycles. The van der Waals surface area contributed by atoms with Gasteiger partial charge < -0.3 is 14.8 Å². The van der Waals surface area contributed by atoms with Gasteiger partial charge in [-0.15, -0.1) is 0 Å². The number of aryl methyl sites for hydroxylation is 2. The summed E-state index contributed by atoms with van der Waals surface area (Å²) in [4.78, 5) is 12.8. The van der Waals surface area contributed by atoms with Crippen LogP contribution in [0, 0.1) is 19.8 Å². The van der Waals surface area contributed by atoms with Crippen LogP contribution >= 0.6 is 0 Å². The first kappa shape index (κ1) is 16.0. The van der Waals surface area contributed by atoms with E-state index in [4.69, 9.17) is 9.47 Å². The number of rotatable bonds is 6. The zero-order chi connectivity index (χ0) is 15.4. The van der Waals surface area contributed by atoms with Gasteiger partial charge in [-0.3, -0.25) is 4.79 Å². The van der Waals surface area contributed by atoms with Crippen molar-refractivity contribution in [3.63, 3.8) is 0 Å². The van der Waals surface area contributed by atoms with Crippen LogP contribution < -0.4 is 10.1 Å². The highest BCUT2D eigenvalue weighted by Gasteiger charge is 2.34. The highest BCUT2D eigenvalue weighted by molar-refractivity contribution is 6.00. The second-order valence-electron chi connectivity index (χ2n) is 5.71. The lowest BCUT2D eigenvalue weighted by Gasteiger charge is -2.19. The first-order valence-corrected chi connectivity index (χ1v) is 7.59. The molecule has 1 N–H and O–H groups in total. The van der Waals surface area contributed by atoms with E-state index in [1.807, 2.05) is 26.0 Å². The minimum atomic E-state index is -0.0944. The number of benzene rings is 1. The summed E-state index contributed by atoms with van der Waals surface area (Å²) in [6.07, 6.45) is 1.05. The topological polar surface area (TPSA) is 47.6 Å². The molecule has 2 unspecified atom stereocenters. The second-order valence-corrected chi connectivity index (χ2v) is 5.71. The lowest BCUT2D eigenvalue weighted by molar-refractivity contribution is 0.0890. The third-order valence-corrected chi connectivity index (χ3v) is 4.08. The Morgan fingerprint density at radius 3 is 2.76 bits per heavy atom. The summed E-state index contributed by atoms with van der Waals surface area (Å²) in [6.45, 7) is 8.08. The van der Waals surface area contributed by atoms with Gasteiger partial charge in [0.15, 0.2) is 5.78 Å². The molecule has 1 aromatic carbocycles. The molecule has 0 aromatic heterocycles. The molecule has 0 radical (unpaired) electrons. The van der Waals surface area contributed by atoms with Crippen LogP contribution in [0.5, 0.6) is 5.75 Å². The second kappa shape index (κ2) is 7.05. The Morgan fingerprint density at radius 2 is 2.10 bits per heavy atom. The minimum Gasteiger partial charge on any atom is -0.496 e. The van der Waals surface area contributed by atoms with E-state index in [-0.39, 0.29) is 17.7 Å². The van der Waals surface area contributed by atoms with Crippen LogP contribution in [0.4, 0.5) is 0 Å². The van der Waals surface area contributed by atoms with Crippen molar-refractivity contribution in [2.75, 3.05) is 26.9 Å². The zero-order valence-corrected chi connectivity index (χ0v) is 13.4. The fourth-order valence-corrected chi connectivity index (χ4v) is 2.82. The van der Waals surface area contributed by atoms with Crippen molar-refractivity contribution in [2.24, 2.45) is 5.92 Å². The predicted octanol–water partition coefficient (Wildman–Crippen LogP) is 2.51. The summed E-state index contributed by atoms with van der Waals surface area (Å²) in [5.74, 6) is 0.903. The summed E-state index contributed by atoms with van der Waals surface area (Å²) >= 11 is 0. The number of hydrogen-bond acceptors (Lipinski definition) is 4. The number of carbonyl (C=O) groups is 1. The van der Waals surface area contributed by atoms with E-state index in [1.165, 1.54) is 0 Å². The van der Waals surface area contributed by atoms with Gasteiger partial charge in [0.1, 0.15) is 5.75 Å². The Balaban J connectivity index is 2.21. The third-order valence-electron chi connectivity index (χ3n) is 4.08. The van der Waals surface area contributed by atoms with Crippen molar-refractivity contribution in [3.05, 3.63) is 28.8 Å². The lowest BCUT2D eigenvalue weighted by atomic mass is 9.90. The van der Waals surface area contributed by atoms with Crippen LogP contribution in [0.2, 0.25) is 0 Å². The molecule has 116 valence electrons. The zero-order valence-electron chi connectivity index (χ0n) is 13.4. The van der Waals surface area contributed by atoms with Crippen molar-refractivity contribution in [1.82, 2.24) is 5.32 Å². The quantitative estimate of drug-likeness (QED) is 0.818. The van der Waals surface area contributed by atoms with Gasteiger partial charge in [-0.1, -0.05) is 6.92 Å². The molecule has 1 saturated heterocycles. The average Bonchev–Trinajstić information content (AvgIpc) is 2.94. The Hall–Kier alpha value is -1.39. The summed E-state index contributed by atoms with van der Waals surface area (Å²) in [7, 11) is 1.65. The van der Waals surface area contributed by atoms with E-state index in [0.29, 0.717) is 13.2 Å². The molecule has 0 amide bonds. The SMILES string of the molecule is CCCNC1COCC1C(=O)c1cc(C)c(OC)cc1C. The maximum atomic E-state index is 12.8. The third kappa shape index (κ3) is 3.44. The van der Waals surface area contributed by atoms with Gasteiger partial charge in [-0.25, -0.2) is 0 Å². The molecular weight excluding hydrogens is 266 g/mol. The Kier molecular flexibility index (Phi) is 5.37. The number of methoxy groups -OCH3 is 1. The molecule has 0 spiro atoms. The molecule has 1 fully saturated rings. The fourth-order valence-electron chi connectivity index (χ4n) is 2.82. The molecule has 1 aliphatic rings. The molecule has 1 heterocycles. The first-order chi connectivity index (χ1) is 10.1. The van der Waals surface area contributed by atoms with E-state index >= 15 is 0 Å². The first-order valence-electron chi connectivity index (χ1n) is 7.59. The van der Waals surface area contributed by atoms with Crippen molar-refractivity contribution in [3.8, 4) is 5.75 Å². The standard InChI is InChI=1S/C17H25NO3/c1-5-6-18-15-10-21-9-14(15)17(19)13-7-12(3)16(20-4)8-11(13)2/h7-8,14-15,18H,5-6,9-10H2,1-4H3. The van der Waals surface area contributed by atoms with Crippen LogP contribution in [0.1, 0.15) is 34.8 Å². The molecule has 1 aliphatic heterocycles. The van der Waals surface area contributed by atoms with E-state index in [2.05, 4.69) is 12.2 Å². The van der Waals surface area contributed by atoms with E-state index < -0.39 is 0 Å². The largest absolute Gasteiger partial charge is 0.496 e. The predicted molar refractivity (Wildman–Crippen MR) is 83.2 cm³/mol. The van der Waals surface area contributed by atoms with Gasteiger partial charge in [-0.05, 0) is 50.1 Å². The van der Waals surface area contributed by atoms with Crippen LogP contribution in [-0.4, -0.2) is 38.7 Å². The van der Waals surface area contributed by atoms with Gasteiger partial charge in [0, 0.05) is 11.6 Å². The molecule has 4 heteroatoms. The summed E-state index contributed by atoms with van der Waals surface area (Å²) < 4.78 is 10.8. The molecule has 0 bridgehead atoms.